The number of benzene rings is 2. The number of nitrogens with zero attached hydrogens (tertiary/aromatic N) is 1. The van der Waals surface area contributed by atoms with Crippen molar-refractivity contribution in [3.05, 3.63) is 84.0 Å². The van der Waals surface area contributed by atoms with Crippen LogP contribution in [0.15, 0.2) is 67.3 Å². The van der Waals surface area contributed by atoms with Gasteiger partial charge in [0.15, 0.2) is 17.6 Å². The third-order valence-electron chi connectivity index (χ3n) is 7.58. The van der Waals surface area contributed by atoms with Crippen LogP contribution in [0, 0.1) is 5.92 Å². The number of piperidine rings is 1. The van der Waals surface area contributed by atoms with E-state index in [-0.39, 0.29) is 29.2 Å². The molecule has 2 aromatic rings. The largest absolute Gasteiger partial charge is 0.504 e. The second-order valence-corrected chi connectivity index (χ2v) is 8.98. The van der Waals surface area contributed by atoms with Crippen molar-refractivity contribution >= 4 is 5.97 Å². The Balaban J connectivity index is 1.44. The molecule has 1 saturated heterocycles. The van der Waals surface area contributed by atoms with Crippen molar-refractivity contribution in [3.63, 3.8) is 0 Å². The zero-order valence-electron chi connectivity index (χ0n) is 17.2. The summed E-state index contributed by atoms with van der Waals surface area (Å²) >= 11 is 0. The molecule has 0 amide bonds. The van der Waals surface area contributed by atoms with Crippen molar-refractivity contribution in [2.24, 2.45) is 5.92 Å². The number of aromatic hydroxyl groups is 1. The lowest BCUT2D eigenvalue weighted by Gasteiger charge is -2.57. The molecule has 0 aromatic heterocycles. The van der Waals surface area contributed by atoms with E-state index in [1.165, 1.54) is 5.56 Å². The molecule has 1 fully saturated rings. The number of carbonyl (C=O) groups excluding carboxylic acids is 1. The number of hydrogen-bond donors (Lipinski definition) is 1. The fourth-order valence-corrected chi connectivity index (χ4v) is 6.37. The smallest absolute Gasteiger partial charge is 0.338 e. The zero-order chi connectivity index (χ0) is 21.2. The Labute approximate surface area is 181 Å². The molecular formula is C26H25NO4. The number of hydrogen-bond acceptors (Lipinski definition) is 5. The summed E-state index contributed by atoms with van der Waals surface area (Å²) in [5, 5.41) is 10.6. The molecule has 2 bridgehead atoms. The predicted molar refractivity (Wildman–Crippen MR) is 116 cm³/mol. The Bertz CT molecular complexity index is 1090. The van der Waals surface area contributed by atoms with Gasteiger partial charge in [-0.25, -0.2) is 4.79 Å². The van der Waals surface area contributed by atoms with Crippen LogP contribution in [0.3, 0.4) is 0 Å². The zero-order valence-corrected chi connectivity index (χ0v) is 17.2. The van der Waals surface area contributed by atoms with Crippen LogP contribution >= 0.6 is 0 Å². The molecule has 31 heavy (non-hydrogen) atoms. The molecule has 6 rings (SSSR count). The molecule has 158 valence electrons. The maximum absolute atomic E-state index is 12.8. The molecule has 5 nitrogen and oxygen atoms in total. The first-order valence-corrected chi connectivity index (χ1v) is 10.9. The third kappa shape index (κ3) is 2.50. The first-order chi connectivity index (χ1) is 15.1. The quantitative estimate of drug-likeness (QED) is 0.611. The minimum atomic E-state index is -0.506. The average molecular weight is 415 g/mol. The predicted octanol–water partition coefficient (Wildman–Crippen LogP) is 3.62. The molecular weight excluding hydrogens is 390 g/mol. The van der Waals surface area contributed by atoms with E-state index in [0.717, 1.165) is 31.5 Å². The molecule has 2 aliphatic heterocycles. The highest BCUT2D eigenvalue weighted by atomic mass is 16.6. The summed E-state index contributed by atoms with van der Waals surface area (Å²) in [6.07, 6.45) is 7.14. The lowest BCUT2D eigenvalue weighted by atomic mass is 9.53. The molecule has 0 radical (unpaired) electrons. The summed E-state index contributed by atoms with van der Waals surface area (Å²) in [6, 6.07) is 13.2. The summed E-state index contributed by atoms with van der Waals surface area (Å²) in [5.41, 5.74) is 2.59. The van der Waals surface area contributed by atoms with Gasteiger partial charge in [0, 0.05) is 29.5 Å². The van der Waals surface area contributed by atoms with Gasteiger partial charge in [0.25, 0.3) is 0 Å². The molecule has 2 aliphatic carbocycles. The van der Waals surface area contributed by atoms with Gasteiger partial charge >= 0.3 is 5.97 Å². The Morgan fingerprint density at radius 3 is 2.90 bits per heavy atom. The number of rotatable bonds is 4. The van der Waals surface area contributed by atoms with E-state index in [0.29, 0.717) is 17.4 Å². The molecule has 2 heterocycles. The summed E-state index contributed by atoms with van der Waals surface area (Å²) in [4.78, 5) is 15.3. The summed E-state index contributed by atoms with van der Waals surface area (Å²) < 4.78 is 12.4. The number of ether oxygens (including phenoxy) is 2. The highest BCUT2D eigenvalue weighted by molar-refractivity contribution is 5.89. The van der Waals surface area contributed by atoms with E-state index in [1.54, 1.807) is 18.2 Å². The fourth-order valence-electron chi connectivity index (χ4n) is 6.37. The van der Waals surface area contributed by atoms with E-state index in [9.17, 15) is 9.90 Å². The van der Waals surface area contributed by atoms with Crippen LogP contribution in [0.1, 0.15) is 27.9 Å². The number of likely N-dealkylation sites (tertiary alicyclic amines) is 1. The second-order valence-electron chi connectivity index (χ2n) is 8.98. The van der Waals surface area contributed by atoms with Crippen molar-refractivity contribution in [2.45, 2.75) is 36.5 Å². The summed E-state index contributed by atoms with van der Waals surface area (Å²) in [7, 11) is 0. The number of esters is 1. The molecule has 2 aromatic carbocycles. The Morgan fingerprint density at radius 1 is 1.26 bits per heavy atom. The number of phenolic OH excluding ortho intramolecular Hbond substituents is 1. The van der Waals surface area contributed by atoms with Gasteiger partial charge in [-0.05, 0) is 49.2 Å². The summed E-state index contributed by atoms with van der Waals surface area (Å²) in [6.45, 7) is 5.72. The maximum Gasteiger partial charge on any atom is 0.338 e. The molecule has 1 spiro atoms. The Kier molecular flexibility index (Phi) is 4.06. The first kappa shape index (κ1) is 18.7. The lowest BCUT2D eigenvalue weighted by molar-refractivity contribution is -0.0582. The minimum Gasteiger partial charge on any atom is -0.504 e. The molecule has 5 heteroatoms. The van der Waals surface area contributed by atoms with Crippen LogP contribution in [-0.4, -0.2) is 47.3 Å². The molecule has 5 atom stereocenters. The van der Waals surface area contributed by atoms with E-state index in [1.807, 2.05) is 36.4 Å². The monoisotopic (exact) mass is 415 g/mol. The van der Waals surface area contributed by atoms with Gasteiger partial charge in [0.1, 0.15) is 6.10 Å². The standard InChI is InChI=1S/C26H25NO4/c1-2-13-27-14-12-26-18-9-11-21(30-25(29)16-6-4-3-5-7-16)24(26)31-23-20(28)10-8-17(22(23)26)15-19(18)27/h2-11,18-19,21,24,28H,1,12-15H2/t18-,19+,21-,24-,26-/m0/s1. The highest BCUT2D eigenvalue weighted by Gasteiger charge is 2.65. The average Bonchev–Trinajstić information content (AvgIpc) is 3.14. The van der Waals surface area contributed by atoms with E-state index in [2.05, 4.69) is 17.6 Å². The van der Waals surface area contributed by atoms with Crippen LogP contribution in [0.4, 0.5) is 0 Å². The van der Waals surface area contributed by atoms with Crippen molar-refractivity contribution in [1.82, 2.24) is 4.90 Å². The van der Waals surface area contributed by atoms with Crippen molar-refractivity contribution in [2.75, 3.05) is 13.1 Å². The van der Waals surface area contributed by atoms with Crippen LogP contribution in [0.2, 0.25) is 0 Å². The van der Waals surface area contributed by atoms with Crippen LogP contribution < -0.4 is 4.74 Å². The number of carbonyl (C=O) groups is 1. The van der Waals surface area contributed by atoms with Crippen molar-refractivity contribution < 1.29 is 19.4 Å². The highest BCUT2D eigenvalue weighted by Crippen LogP contribution is 2.62. The number of phenols is 1. The second kappa shape index (κ2) is 6.72. The minimum absolute atomic E-state index is 0.168. The van der Waals surface area contributed by atoms with Gasteiger partial charge < -0.3 is 14.6 Å². The SMILES string of the molecule is C=CCN1CC[C@]23c4c5ccc(O)c4O[C@H]2[C@@H](OC(=O)c2ccccc2)C=C[C@H]3[C@H]1C5. The van der Waals surface area contributed by atoms with E-state index < -0.39 is 6.10 Å². The molecule has 0 unspecified atom stereocenters. The van der Waals surface area contributed by atoms with Crippen molar-refractivity contribution in [3.8, 4) is 11.5 Å². The van der Waals surface area contributed by atoms with E-state index in [4.69, 9.17) is 9.47 Å². The third-order valence-corrected chi connectivity index (χ3v) is 7.58. The van der Waals surface area contributed by atoms with Gasteiger partial charge in [-0.3, -0.25) is 4.90 Å². The van der Waals surface area contributed by atoms with Crippen molar-refractivity contribution in [1.29, 1.82) is 0 Å². The fraction of sp³-hybridized carbons (Fsp3) is 0.346. The van der Waals surface area contributed by atoms with Gasteiger partial charge in [0.2, 0.25) is 0 Å². The van der Waals surface area contributed by atoms with Crippen LogP contribution in [-0.2, 0) is 16.6 Å². The molecule has 4 aliphatic rings. The van der Waals surface area contributed by atoms with Crippen LogP contribution in [0.25, 0.3) is 0 Å². The van der Waals surface area contributed by atoms with Crippen LogP contribution in [0.5, 0.6) is 11.5 Å². The first-order valence-electron chi connectivity index (χ1n) is 10.9. The van der Waals surface area contributed by atoms with Gasteiger partial charge in [-0.1, -0.05) is 36.4 Å². The maximum atomic E-state index is 12.8. The Morgan fingerprint density at radius 2 is 2.10 bits per heavy atom. The van der Waals surface area contributed by atoms with Gasteiger partial charge in [0.05, 0.1) is 5.56 Å². The lowest BCUT2D eigenvalue weighted by Crippen LogP contribution is -2.65. The summed E-state index contributed by atoms with van der Waals surface area (Å²) in [5.74, 6) is 0.632. The molecule has 1 N–H and O–H groups in total. The Hall–Kier alpha value is -3.05. The van der Waals surface area contributed by atoms with Gasteiger partial charge in [-0.15, -0.1) is 6.58 Å². The van der Waals surface area contributed by atoms with Gasteiger partial charge in [-0.2, -0.15) is 0 Å². The normalized spacial score (nSPS) is 32.1. The topological polar surface area (TPSA) is 59.0 Å². The van der Waals surface area contributed by atoms with E-state index >= 15 is 0 Å². The molecule has 0 saturated carbocycles.